The van der Waals surface area contributed by atoms with Crippen LogP contribution in [0.4, 0.5) is 0 Å². The monoisotopic (exact) mass is 269 g/mol. The largest absolute Gasteiger partial charge is 0.336 e. The molecule has 2 rings (SSSR count). The van der Waals surface area contributed by atoms with E-state index in [1.54, 1.807) is 20.0 Å². The van der Waals surface area contributed by atoms with E-state index in [1.807, 2.05) is 0 Å². The van der Waals surface area contributed by atoms with E-state index in [-0.39, 0.29) is 23.5 Å². The molecule has 1 aliphatic heterocycles. The summed E-state index contributed by atoms with van der Waals surface area (Å²) in [6, 6.07) is 1.35. The van der Waals surface area contributed by atoms with E-state index in [0.29, 0.717) is 17.8 Å². The number of sulfone groups is 1. The van der Waals surface area contributed by atoms with Crippen LogP contribution in [0.5, 0.6) is 0 Å². The molecule has 0 radical (unpaired) electrons. The van der Waals surface area contributed by atoms with E-state index in [1.165, 1.54) is 11.2 Å². The third-order valence-corrected chi connectivity index (χ3v) is 4.85. The van der Waals surface area contributed by atoms with Gasteiger partial charge in [0.05, 0.1) is 11.5 Å². The van der Waals surface area contributed by atoms with Crippen molar-refractivity contribution in [3.8, 4) is 0 Å². The van der Waals surface area contributed by atoms with Crippen LogP contribution >= 0.6 is 0 Å². The van der Waals surface area contributed by atoms with Gasteiger partial charge in [-0.25, -0.2) is 18.4 Å². The summed E-state index contributed by atoms with van der Waals surface area (Å²) in [5.74, 6) is -0.0696. The highest BCUT2D eigenvalue weighted by Gasteiger charge is 2.33. The molecule has 2 heterocycles. The molecule has 1 aromatic rings. The van der Waals surface area contributed by atoms with Crippen molar-refractivity contribution in [2.75, 3.05) is 18.6 Å². The zero-order valence-corrected chi connectivity index (χ0v) is 11.1. The summed E-state index contributed by atoms with van der Waals surface area (Å²) in [4.78, 5) is 21.4. The van der Waals surface area contributed by atoms with Crippen molar-refractivity contribution in [3.63, 3.8) is 0 Å². The number of carbonyl (C=O) groups excluding carboxylic acids is 1. The Morgan fingerprint density at radius 3 is 2.72 bits per heavy atom. The van der Waals surface area contributed by atoms with Gasteiger partial charge >= 0.3 is 0 Å². The van der Waals surface area contributed by atoms with Crippen LogP contribution in [0.2, 0.25) is 0 Å². The van der Waals surface area contributed by atoms with Gasteiger partial charge in [-0.05, 0) is 19.4 Å². The minimum atomic E-state index is -2.99. The van der Waals surface area contributed by atoms with Gasteiger partial charge in [-0.2, -0.15) is 0 Å². The summed E-state index contributed by atoms with van der Waals surface area (Å²) in [5.41, 5.74) is 1.01. The molecule has 7 heteroatoms. The van der Waals surface area contributed by atoms with Crippen LogP contribution in [-0.4, -0.2) is 53.8 Å². The number of rotatable bonds is 2. The molecule has 1 aliphatic rings. The molecule has 1 saturated heterocycles. The Bertz CT molecular complexity index is 571. The Morgan fingerprint density at radius 2 is 2.17 bits per heavy atom. The van der Waals surface area contributed by atoms with Gasteiger partial charge in [-0.1, -0.05) is 0 Å². The number of nitrogens with zero attached hydrogens (tertiary/aromatic N) is 3. The Hall–Kier alpha value is -1.50. The molecule has 0 bridgehead atoms. The fourth-order valence-electron chi connectivity index (χ4n) is 2.00. The lowest BCUT2D eigenvalue weighted by Crippen LogP contribution is -2.38. The maximum atomic E-state index is 12.1. The van der Waals surface area contributed by atoms with Gasteiger partial charge < -0.3 is 4.90 Å². The van der Waals surface area contributed by atoms with Crippen LogP contribution in [0.15, 0.2) is 12.4 Å². The zero-order valence-electron chi connectivity index (χ0n) is 10.3. The highest BCUT2D eigenvalue weighted by molar-refractivity contribution is 7.91. The van der Waals surface area contributed by atoms with Crippen molar-refractivity contribution in [2.24, 2.45) is 0 Å². The van der Waals surface area contributed by atoms with Gasteiger partial charge in [-0.15, -0.1) is 0 Å². The summed E-state index contributed by atoms with van der Waals surface area (Å²) in [5, 5.41) is 0. The van der Waals surface area contributed by atoms with Gasteiger partial charge in [0.2, 0.25) is 0 Å². The van der Waals surface area contributed by atoms with Crippen molar-refractivity contribution in [2.45, 2.75) is 19.4 Å². The molecular formula is C11H15N3O3S. The van der Waals surface area contributed by atoms with Crippen molar-refractivity contribution in [1.82, 2.24) is 14.9 Å². The minimum absolute atomic E-state index is 0.0410. The number of amides is 1. The molecule has 0 aromatic carbocycles. The smallest absolute Gasteiger partial charge is 0.272 e. The van der Waals surface area contributed by atoms with Gasteiger partial charge in [0.15, 0.2) is 9.84 Å². The summed E-state index contributed by atoms with van der Waals surface area (Å²) >= 11 is 0. The van der Waals surface area contributed by atoms with Crippen LogP contribution in [0, 0.1) is 6.92 Å². The lowest BCUT2D eigenvalue weighted by Gasteiger charge is -2.22. The third kappa shape index (κ3) is 2.66. The molecule has 1 amide bonds. The van der Waals surface area contributed by atoms with E-state index in [9.17, 15) is 13.2 Å². The summed E-state index contributed by atoms with van der Waals surface area (Å²) in [6.07, 6.45) is 1.83. The molecule has 98 valence electrons. The van der Waals surface area contributed by atoms with Crippen molar-refractivity contribution in [3.05, 3.63) is 23.8 Å². The minimum Gasteiger partial charge on any atom is -0.336 e. The number of aryl methyl sites for hydroxylation is 1. The second kappa shape index (κ2) is 4.64. The second-order valence-corrected chi connectivity index (χ2v) is 6.75. The second-order valence-electron chi connectivity index (χ2n) is 4.52. The Morgan fingerprint density at radius 1 is 1.44 bits per heavy atom. The molecule has 1 atom stereocenters. The molecule has 6 nitrogen and oxygen atoms in total. The fraction of sp³-hybridized carbons (Fsp3) is 0.545. The van der Waals surface area contributed by atoms with Gasteiger partial charge in [0, 0.05) is 18.8 Å². The average molecular weight is 269 g/mol. The predicted octanol–water partition coefficient (Wildman–Crippen LogP) is 0.0441. The Balaban J connectivity index is 2.15. The van der Waals surface area contributed by atoms with Crippen LogP contribution < -0.4 is 0 Å². The van der Waals surface area contributed by atoms with E-state index in [0.717, 1.165) is 0 Å². The first-order valence-corrected chi connectivity index (χ1v) is 7.47. The first kappa shape index (κ1) is 12.9. The molecule has 1 fully saturated rings. The molecular weight excluding hydrogens is 254 g/mol. The topological polar surface area (TPSA) is 80.2 Å². The summed E-state index contributed by atoms with van der Waals surface area (Å²) in [6.45, 7) is 1.78. The number of carbonyl (C=O) groups is 1. The van der Waals surface area contributed by atoms with Crippen LogP contribution in [0.3, 0.4) is 0 Å². The number of aromatic nitrogens is 2. The molecule has 0 saturated carbocycles. The van der Waals surface area contributed by atoms with Crippen molar-refractivity contribution in [1.29, 1.82) is 0 Å². The van der Waals surface area contributed by atoms with E-state index >= 15 is 0 Å². The maximum Gasteiger partial charge on any atom is 0.272 e. The standard InChI is InChI=1S/C11H15N3O3S/c1-8-5-10(13-7-12-8)11(15)14(2)9-3-4-18(16,17)6-9/h5,7,9H,3-4,6H2,1-2H3. The molecule has 1 aromatic heterocycles. The third-order valence-electron chi connectivity index (χ3n) is 3.10. The van der Waals surface area contributed by atoms with Crippen LogP contribution in [0.1, 0.15) is 22.6 Å². The highest BCUT2D eigenvalue weighted by atomic mass is 32.2. The number of hydrogen-bond acceptors (Lipinski definition) is 5. The normalized spacial score (nSPS) is 21.8. The zero-order chi connectivity index (χ0) is 13.3. The Kier molecular flexibility index (Phi) is 3.34. The predicted molar refractivity (Wildman–Crippen MR) is 65.9 cm³/mol. The van der Waals surface area contributed by atoms with Crippen molar-refractivity contribution < 1.29 is 13.2 Å². The maximum absolute atomic E-state index is 12.1. The first-order chi connectivity index (χ1) is 8.39. The molecule has 0 N–H and O–H groups in total. The summed E-state index contributed by atoms with van der Waals surface area (Å²) < 4.78 is 22.8. The quantitative estimate of drug-likeness (QED) is 0.757. The fourth-order valence-corrected chi connectivity index (χ4v) is 3.77. The van der Waals surface area contributed by atoms with E-state index in [4.69, 9.17) is 0 Å². The molecule has 1 unspecified atom stereocenters. The highest BCUT2D eigenvalue weighted by Crippen LogP contribution is 2.18. The number of hydrogen-bond donors (Lipinski definition) is 0. The summed E-state index contributed by atoms with van der Waals surface area (Å²) in [7, 11) is -1.37. The van der Waals surface area contributed by atoms with E-state index in [2.05, 4.69) is 9.97 Å². The first-order valence-electron chi connectivity index (χ1n) is 5.65. The Labute approximate surface area is 106 Å². The van der Waals surface area contributed by atoms with Gasteiger partial charge in [0.1, 0.15) is 12.0 Å². The van der Waals surface area contributed by atoms with Gasteiger partial charge in [0.25, 0.3) is 5.91 Å². The molecule has 0 aliphatic carbocycles. The van der Waals surface area contributed by atoms with E-state index < -0.39 is 9.84 Å². The lowest BCUT2D eigenvalue weighted by atomic mass is 10.2. The van der Waals surface area contributed by atoms with Crippen molar-refractivity contribution >= 4 is 15.7 Å². The average Bonchev–Trinajstić information content (AvgIpc) is 2.68. The lowest BCUT2D eigenvalue weighted by molar-refractivity contribution is 0.0741. The van der Waals surface area contributed by atoms with Crippen LogP contribution in [0.25, 0.3) is 0 Å². The SMILES string of the molecule is Cc1cc(C(=O)N(C)C2CCS(=O)(=O)C2)ncn1. The van der Waals surface area contributed by atoms with Gasteiger partial charge in [-0.3, -0.25) is 4.79 Å². The molecule has 0 spiro atoms. The molecule has 18 heavy (non-hydrogen) atoms. The van der Waals surface area contributed by atoms with Crippen LogP contribution in [-0.2, 0) is 9.84 Å².